The van der Waals surface area contributed by atoms with Crippen LogP contribution in [-0.4, -0.2) is 26.9 Å². The minimum absolute atomic E-state index is 0.192. The average Bonchev–Trinajstić information content (AvgIpc) is 1.90. The molecule has 0 amide bonds. The van der Waals surface area contributed by atoms with Gasteiger partial charge in [0.05, 0.1) is 8.07 Å². The zero-order chi connectivity index (χ0) is 15.6. The van der Waals surface area contributed by atoms with Gasteiger partial charge in [-0.15, -0.1) is 23.8 Å². The van der Waals surface area contributed by atoms with Gasteiger partial charge in [-0.2, -0.15) is 0 Å². The molecule has 0 unspecified atom stereocenters. The normalized spacial score (nSPS) is 15.1. The second-order valence-electron chi connectivity index (χ2n) is 7.65. The van der Waals surface area contributed by atoms with Gasteiger partial charge in [0.1, 0.15) is 12.8 Å². The first-order chi connectivity index (χ1) is 8.13. The topological polar surface area (TPSA) is 26.3 Å². The molecule has 0 saturated heterocycles. The lowest BCUT2D eigenvalue weighted by Crippen LogP contribution is -2.35. The van der Waals surface area contributed by atoms with Crippen molar-refractivity contribution < 1.29 is 9.53 Å². The van der Waals surface area contributed by atoms with Crippen molar-refractivity contribution in [3.8, 4) is 0 Å². The molecule has 0 rings (SSSR count). The molecular weight excluding hydrogens is 308 g/mol. The zero-order valence-corrected chi connectivity index (χ0v) is 17.4. The Balaban J connectivity index is 5.47. The van der Waals surface area contributed by atoms with E-state index in [0.717, 1.165) is 9.43 Å². The Labute approximate surface area is 129 Å². The largest absolute Gasteiger partial charge is 0.457 e. The highest BCUT2D eigenvalue weighted by atomic mass is 32.4. The number of hydrogen-bond acceptors (Lipinski definition) is 4. The number of thiol groups is 1. The summed E-state index contributed by atoms with van der Waals surface area (Å²) in [5.41, 5.74) is -0.458. The van der Waals surface area contributed by atoms with Gasteiger partial charge in [-0.25, -0.2) is 4.79 Å². The van der Waals surface area contributed by atoms with Crippen LogP contribution in [0.1, 0.15) is 20.8 Å². The molecule has 0 aliphatic rings. The van der Waals surface area contributed by atoms with E-state index >= 15 is 0 Å². The van der Waals surface area contributed by atoms with Crippen LogP contribution in [0.3, 0.4) is 0 Å². The highest BCUT2D eigenvalue weighted by Gasteiger charge is 2.33. The van der Waals surface area contributed by atoms with E-state index in [1.807, 2.05) is 20.8 Å². The molecule has 19 heavy (non-hydrogen) atoms. The summed E-state index contributed by atoms with van der Waals surface area (Å²) in [6, 6.07) is 0. The summed E-state index contributed by atoms with van der Waals surface area (Å²) in [6.45, 7) is 18.9. The molecule has 0 fully saturated rings. The van der Waals surface area contributed by atoms with E-state index < -0.39 is 20.9 Å². The van der Waals surface area contributed by atoms with E-state index in [2.05, 4.69) is 51.9 Å². The maximum absolute atomic E-state index is 12.4. The van der Waals surface area contributed by atoms with Gasteiger partial charge in [-0.3, -0.25) is 0 Å². The molecule has 0 atom stereocenters. The second kappa shape index (κ2) is 6.41. The molecule has 0 N–H and O–H groups in total. The number of rotatable bonds is 4. The van der Waals surface area contributed by atoms with Crippen molar-refractivity contribution in [2.75, 3.05) is 0 Å². The molecule has 0 bridgehead atoms. The van der Waals surface area contributed by atoms with E-state index in [4.69, 9.17) is 4.74 Å². The third-order valence-corrected chi connectivity index (χ3v) is 8.79. The quantitative estimate of drug-likeness (QED) is 0.342. The van der Waals surface area contributed by atoms with Crippen LogP contribution in [0.4, 0.5) is 0 Å². The van der Waals surface area contributed by atoms with Gasteiger partial charge < -0.3 is 4.74 Å². The maximum Gasteiger partial charge on any atom is 0.332 e. The van der Waals surface area contributed by atoms with Crippen LogP contribution in [0.15, 0.2) is 9.43 Å². The number of carbonyl (C=O) groups is 1. The molecule has 0 saturated carbocycles. The van der Waals surface area contributed by atoms with Crippen LogP contribution in [0, 0.1) is 0 Å². The Kier molecular flexibility index (Phi) is 6.52. The van der Waals surface area contributed by atoms with Gasteiger partial charge in [0.2, 0.25) is 0 Å². The van der Waals surface area contributed by atoms with Crippen LogP contribution in [0.2, 0.25) is 39.3 Å². The first-order valence-corrected chi connectivity index (χ1v) is 15.5. The summed E-state index contributed by atoms with van der Waals surface area (Å²) in [7, 11) is -3.15. The molecule has 0 heterocycles. The molecule has 0 aromatic rings. The lowest BCUT2D eigenvalue weighted by atomic mass is 10.2. The SMILES string of the molecule is CC(C)(C)OC(=O)/C(=C(/S)S[Si](C)(C)C)[Si](C)(C)C. The minimum Gasteiger partial charge on any atom is -0.457 e. The van der Waals surface area contributed by atoms with Crippen molar-refractivity contribution in [3.63, 3.8) is 0 Å². The summed E-state index contributed by atoms with van der Waals surface area (Å²) in [6.07, 6.45) is 0. The van der Waals surface area contributed by atoms with Crippen molar-refractivity contribution in [2.24, 2.45) is 0 Å². The standard InChI is InChI=1S/C13H28O2S2Si2/c1-13(2,3)15-11(14)10(18(4,5)6)12(16)17-19(7,8)9/h16H,1-9H3/b12-10+. The van der Waals surface area contributed by atoms with Crippen LogP contribution in [-0.2, 0) is 9.53 Å². The smallest absolute Gasteiger partial charge is 0.332 e. The molecule has 112 valence electrons. The monoisotopic (exact) mass is 336 g/mol. The van der Waals surface area contributed by atoms with Crippen LogP contribution >= 0.6 is 23.8 Å². The molecule has 0 spiro atoms. The van der Waals surface area contributed by atoms with E-state index in [1.54, 1.807) is 11.2 Å². The van der Waals surface area contributed by atoms with Crippen LogP contribution < -0.4 is 0 Å². The van der Waals surface area contributed by atoms with Gasteiger partial charge in [-0.05, 0) is 20.8 Å². The third kappa shape index (κ3) is 8.27. The number of carbonyl (C=O) groups excluding carboxylic acids is 1. The highest BCUT2D eigenvalue weighted by Crippen LogP contribution is 2.36. The van der Waals surface area contributed by atoms with Gasteiger partial charge in [-0.1, -0.05) is 39.3 Å². The Morgan fingerprint density at radius 1 is 1.05 bits per heavy atom. The number of hydrogen-bond donors (Lipinski definition) is 1. The lowest BCUT2D eigenvalue weighted by Gasteiger charge is -2.28. The van der Waals surface area contributed by atoms with Gasteiger partial charge in [0.15, 0.2) is 0 Å². The zero-order valence-electron chi connectivity index (χ0n) is 13.7. The van der Waals surface area contributed by atoms with Crippen molar-refractivity contribution in [1.82, 2.24) is 0 Å². The Hall–Kier alpha value is 0.344. The van der Waals surface area contributed by atoms with Gasteiger partial charge in [0.25, 0.3) is 0 Å². The first-order valence-electron chi connectivity index (χ1n) is 6.49. The molecule has 0 aromatic carbocycles. The molecule has 0 aromatic heterocycles. The average molecular weight is 337 g/mol. The molecular formula is C13H28O2S2Si2. The van der Waals surface area contributed by atoms with Gasteiger partial charge >= 0.3 is 5.97 Å². The van der Waals surface area contributed by atoms with E-state index in [-0.39, 0.29) is 5.97 Å². The van der Waals surface area contributed by atoms with Crippen molar-refractivity contribution in [1.29, 1.82) is 0 Å². The summed E-state index contributed by atoms with van der Waals surface area (Å²) >= 11 is 6.37. The fourth-order valence-corrected chi connectivity index (χ4v) is 10.4. The fourth-order valence-electron chi connectivity index (χ4n) is 1.38. The fraction of sp³-hybridized carbons (Fsp3) is 0.769. The Morgan fingerprint density at radius 3 is 1.74 bits per heavy atom. The number of esters is 1. The minimum atomic E-state index is -1.78. The molecule has 6 heteroatoms. The van der Waals surface area contributed by atoms with Crippen LogP contribution in [0.25, 0.3) is 0 Å². The predicted molar refractivity (Wildman–Crippen MR) is 96.1 cm³/mol. The predicted octanol–water partition coefficient (Wildman–Crippen LogP) is 4.92. The van der Waals surface area contributed by atoms with Crippen molar-refractivity contribution >= 4 is 45.1 Å². The Morgan fingerprint density at radius 2 is 1.47 bits per heavy atom. The lowest BCUT2D eigenvalue weighted by molar-refractivity contribution is -0.149. The van der Waals surface area contributed by atoms with Gasteiger partial charge in [0, 0.05) is 9.43 Å². The molecule has 2 nitrogen and oxygen atoms in total. The van der Waals surface area contributed by atoms with E-state index in [9.17, 15) is 4.79 Å². The highest BCUT2D eigenvalue weighted by molar-refractivity contribution is 8.37. The third-order valence-electron chi connectivity index (χ3n) is 1.97. The van der Waals surface area contributed by atoms with Crippen molar-refractivity contribution in [2.45, 2.75) is 65.7 Å². The molecule has 0 radical (unpaired) electrons. The van der Waals surface area contributed by atoms with E-state index in [0.29, 0.717) is 0 Å². The first kappa shape index (κ1) is 19.3. The summed E-state index contributed by atoms with van der Waals surface area (Å²) in [4.78, 5) is 12.4. The molecule has 0 aliphatic carbocycles. The summed E-state index contributed by atoms with van der Waals surface area (Å²) in [5.74, 6) is -0.192. The summed E-state index contributed by atoms with van der Waals surface area (Å²) < 4.78 is 6.42. The number of ether oxygens (including phenoxy) is 1. The summed E-state index contributed by atoms with van der Waals surface area (Å²) in [5, 5.41) is 0.818. The Bertz CT molecular complexity index is 372. The maximum atomic E-state index is 12.4. The second-order valence-corrected chi connectivity index (χ2v) is 22.5. The van der Waals surface area contributed by atoms with Crippen LogP contribution in [0.5, 0.6) is 0 Å². The molecule has 0 aliphatic heterocycles. The van der Waals surface area contributed by atoms with Crippen molar-refractivity contribution in [3.05, 3.63) is 9.43 Å². The van der Waals surface area contributed by atoms with E-state index in [1.165, 1.54) is 0 Å².